The fourth-order valence-corrected chi connectivity index (χ4v) is 3.59. The highest BCUT2D eigenvalue weighted by Crippen LogP contribution is 2.36. The molecule has 1 atom stereocenters. The topological polar surface area (TPSA) is 60.0 Å². The summed E-state index contributed by atoms with van der Waals surface area (Å²) >= 11 is 12.6. The van der Waals surface area contributed by atoms with Gasteiger partial charge in [0, 0.05) is 40.0 Å². The Kier molecular flexibility index (Phi) is 7.32. The Morgan fingerprint density at radius 1 is 0.833 bits per heavy atom. The number of aliphatic hydroxyl groups is 1. The highest BCUT2D eigenvalue weighted by atomic mass is 35.5. The summed E-state index contributed by atoms with van der Waals surface area (Å²) in [6, 6.07) is 16.1. The van der Waals surface area contributed by atoms with Crippen LogP contribution in [0.2, 0.25) is 10.0 Å². The molecule has 0 spiro atoms. The number of benzene rings is 3. The average molecular weight is 448 g/mol. The molecule has 5 nitrogen and oxygen atoms in total. The molecule has 0 fully saturated rings. The van der Waals surface area contributed by atoms with E-state index in [1.807, 2.05) is 24.3 Å². The van der Waals surface area contributed by atoms with E-state index < -0.39 is 6.10 Å². The van der Waals surface area contributed by atoms with Crippen LogP contribution in [0.1, 0.15) is 22.8 Å². The van der Waals surface area contributed by atoms with E-state index in [0.717, 1.165) is 11.3 Å². The third-order valence-electron chi connectivity index (χ3n) is 4.77. The van der Waals surface area contributed by atoms with Crippen molar-refractivity contribution in [3.8, 4) is 17.2 Å². The van der Waals surface area contributed by atoms with Gasteiger partial charge in [-0.2, -0.15) is 0 Å². The molecule has 0 aliphatic rings. The smallest absolute Gasteiger partial charge is 0.127 e. The van der Waals surface area contributed by atoms with Crippen LogP contribution in [0.25, 0.3) is 0 Å². The summed E-state index contributed by atoms with van der Waals surface area (Å²) in [5.41, 5.74) is 2.85. The Bertz CT molecular complexity index is 1030. The van der Waals surface area contributed by atoms with Gasteiger partial charge in [-0.05, 0) is 42.5 Å². The third kappa shape index (κ3) is 4.93. The average Bonchev–Trinajstić information content (AvgIpc) is 2.77. The Morgan fingerprint density at radius 3 is 2.20 bits per heavy atom. The highest BCUT2D eigenvalue weighted by molar-refractivity contribution is 6.31. The minimum Gasteiger partial charge on any atom is -0.497 e. The molecule has 3 aromatic carbocycles. The summed E-state index contributed by atoms with van der Waals surface area (Å²) in [7, 11) is 4.79. The second-order valence-corrected chi connectivity index (χ2v) is 7.40. The molecule has 0 aromatic heterocycles. The fraction of sp³-hybridized carbons (Fsp3) is 0.217. The van der Waals surface area contributed by atoms with Crippen LogP contribution in [0.4, 0.5) is 5.69 Å². The molecule has 3 aromatic rings. The molecule has 0 amide bonds. The largest absolute Gasteiger partial charge is 0.497 e. The number of aliphatic hydroxyl groups excluding tert-OH is 1. The number of ether oxygens (including phenoxy) is 3. The van der Waals surface area contributed by atoms with E-state index in [9.17, 15) is 5.11 Å². The molecule has 2 N–H and O–H groups in total. The molecule has 0 bridgehead atoms. The molecule has 0 saturated heterocycles. The van der Waals surface area contributed by atoms with Crippen molar-refractivity contribution in [1.29, 1.82) is 0 Å². The lowest BCUT2D eigenvalue weighted by Gasteiger charge is -2.20. The number of rotatable bonds is 8. The monoisotopic (exact) mass is 447 g/mol. The molecule has 1 unspecified atom stereocenters. The predicted octanol–water partition coefficient (Wildman–Crippen LogP) is 5.71. The van der Waals surface area contributed by atoms with Crippen LogP contribution >= 0.6 is 23.2 Å². The van der Waals surface area contributed by atoms with E-state index >= 15 is 0 Å². The molecule has 0 radical (unpaired) electrons. The van der Waals surface area contributed by atoms with Crippen LogP contribution in [0.5, 0.6) is 17.2 Å². The van der Waals surface area contributed by atoms with Gasteiger partial charge in [0.15, 0.2) is 0 Å². The summed E-state index contributed by atoms with van der Waals surface area (Å²) < 4.78 is 15.9. The predicted molar refractivity (Wildman–Crippen MR) is 120 cm³/mol. The molecule has 0 saturated carbocycles. The molecule has 0 aliphatic heterocycles. The first-order valence-corrected chi connectivity index (χ1v) is 9.98. The summed E-state index contributed by atoms with van der Waals surface area (Å²) in [6.07, 6.45) is -0.970. The second kappa shape index (κ2) is 9.94. The van der Waals surface area contributed by atoms with Gasteiger partial charge in [-0.25, -0.2) is 0 Å². The maximum Gasteiger partial charge on any atom is 0.127 e. The number of hydrogen-bond acceptors (Lipinski definition) is 5. The zero-order valence-electron chi connectivity index (χ0n) is 16.9. The summed E-state index contributed by atoms with van der Waals surface area (Å²) in [4.78, 5) is 0. The van der Waals surface area contributed by atoms with Gasteiger partial charge in [0.1, 0.15) is 23.4 Å². The maximum atomic E-state index is 11.0. The molecule has 0 heterocycles. The lowest BCUT2D eigenvalue weighted by molar-refractivity contribution is 0.221. The molecular weight excluding hydrogens is 425 g/mol. The van der Waals surface area contributed by atoms with Crippen LogP contribution in [0, 0.1) is 0 Å². The van der Waals surface area contributed by atoms with Crippen molar-refractivity contribution in [2.24, 2.45) is 0 Å². The normalized spacial score (nSPS) is 11.7. The zero-order chi connectivity index (χ0) is 21.7. The Labute approximate surface area is 186 Å². The summed E-state index contributed by atoms with van der Waals surface area (Å²) in [5.74, 6) is 2.04. The van der Waals surface area contributed by atoms with E-state index in [-0.39, 0.29) is 0 Å². The van der Waals surface area contributed by atoms with Gasteiger partial charge in [-0.15, -0.1) is 0 Å². The molecule has 0 aliphatic carbocycles. The van der Waals surface area contributed by atoms with Crippen molar-refractivity contribution >= 4 is 28.9 Å². The number of halogens is 2. The van der Waals surface area contributed by atoms with Crippen molar-refractivity contribution < 1.29 is 19.3 Å². The van der Waals surface area contributed by atoms with Gasteiger partial charge < -0.3 is 24.6 Å². The van der Waals surface area contributed by atoms with Crippen molar-refractivity contribution in [2.75, 3.05) is 26.6 Å². The minimum atomic E-state index is -0.970. The summed E-state index contributed by atoms with van der Waals surface area (Å²) in [6.45, 7) is 0.477. The van der Waals surface area contributed by atoms with Crippen molar-refractivity contribution in [2.45, 2.75) is 12.6 Å². The summed E-state index contributed by atoms with van der Waals surface area (Å²) in [5, 5.41) is 15.3. The van der Waals surface area contributed by atoms with E-state index in [2.05, 4.69) is 5.32 Å². The Balaban J connectivity index is 1.89. The SMILES string of the molecule is COc1ccc(C(O)c2cc(Cl)ccc2NCc2ccc(OC)cc2OC)c(Cl)c1. The van der Waals surface area contributed by atoms with Crippen LogP contribution in [0.15, 0.2) is 54.6 Å². The number of hydrogen-bond donors (Lipinski definition) is 2. The first-order valence-electron chi connectivity index (χ1n) is 9.22. The van der Waals surface area contributed by atoms with Crippen molar-refractivity contribution in [3.05, 3.63) is 81.3 Å². The van der Waals surface area contributed by atoms with E-state index in [1.54, 1.807) is 51.7 Å². The van der Waals surface area contributed by atoms with Gasteiger partial charge in [0.2, 0.25) is 0 Å². The van der Waals surface area contributed by atoms with Crippen LogP contribution < -0.4 is 19.5 Å². The molecular formula is C23H23Cl2NO4. The number of nitrogens with one attached hydrogen (secondary N) is 1. The minimum absolute atomic E-state index is 0.407. The standard InChI is InChI=1S/C23H23Cl2NO4/c1-28-16-7-8-18(20(25)11-16)23(27)19-10-15(24)5-9-21(19)26-13-14-4-6-17(29-2)12-22(14)30-3/h4-12,23,26-27H,13H2,1-3H3. The lowest BCUT2D eigenvalue weighted by Crippen LogP contribution is -2.08. The van der Waals surface area contributed by atoms with Gasteiger partial charge in [-0.3, -0.25) is 0 Å². The first kappa shape index (κ1) is 22.1. The third-order valence-corrected chi connectivity index (χ3v) is 5.34. The second-order valence-electron chi connectivity index (χ2n) is 6.55. The molecule has 30 heavy (non-hydrogen) atoms. The first-order chi connectivity index (χ1) is 14.5. The molecule has 3 rings (SSSR count). The van der Waals surface area contributed by atoms with Gasteiger partial charge >= 0.3 is 0 Å². The number of methoxy groups -OCH3 is 3. The fourth-order valence-electron chi connectivity index (χ4n) is 3.13. The van der Waals surface area contributed by atoms with E-state index in [4.69, 9.17) is 37.4 Å². The molecule has 7 heteroatoms. The van der Waals surface area contributed by atoms with Crippen LogP contribution in [-0.2, 0) is 6.54 Å². The van der Waals surface area contributed by atoms with E-state index in [1.165, 1.54) is 0 Å². The number of anilines is 1. The van der Waals surface area contributed by atoms with E-state index in [0.29, 0.717) is 45.0 Å². The Hall–Kier alpha value is -2.60. The highest BCUT2D eigenvalue weighted by Gasteiger charge is 2.19. The maximum absolute atomic E-state index is 11.0. The van der Waals surface area contributed by atoms with Gasteiger partial charge in [0.05, 0.1) is 26.4 Å². The van der Waals surface area contributed by atoms with Gasteiger partial charge in [-0.1, -0.05) is 29.3 Å². The van der Waals surface area contributed by atoms with Crippen molar-refractivity contribution in [1.82, 2.24) is 0 Å². The lowest BCUT2D eigenvalue weighted by atomic mass is 9.99. The zero-order valence-corrected chi connectivity index (χ0v) is 18.4. The Morgan fingerprint density at radius 2 is 1.53 bits per heavy atom. The van der Waals surface area contributed by atoms with Gasteiger partial charge in [0.25, 0.3) is 0 Å². The van der Waals surface area contributed by atoms with Crippen LogP contribution in [-0.4, -0.2) is 26.4 Å². The van der Waals surface area contributed by atoms with Crippen LogP contribution in [0.3, 0.4) is 0 Å². The quantitative estimate of drug-likeness (QED) is 0.462. The molecule has 158 valence electrons. The van der Waals surface area contributed by atoms with Crippen molar-refractivity contribution in [3.63, 3.8) is 0 Å².